The molecule has 0 N–H and O–H groups in total. The Bertz CT molecular complexity index is 430. The van der Waals surface area contributed by atoms with Crippen LogP contribution in [0, 0.1) is 10.8 Å². The highest BCUT2D eigenvalue weighted by atomic mass is 15.4. The molecule has 0 bridgehead atoms. The van der Waals surface area contributed by atoms with E-state index < -0.39 is 0 Å². The van der Waals surface area contributed by atoms with Crippen molar-refractivity contribution in [1.29, 1.82) is 0 Å². The molecule has 0 aliphatic heterocycles. The molecule has 1 unspecified atom stereocenters. The second-order valence-electron chi connectivity index (χ2n) is 9.30. The van der Waals surface area contributed by atoms with Gasteiger partial charge in [0.15, 0.2) is 0 Å². The largest absolute Gasteiger partial charge is 0.247 e. The molecule has 1 heterocycles. The van der Waals surface area contributed by atoms with Crippen LogP contribution in [0.5, 0.6) is 0 Å². The fourth-order valence-electron chi connectivity index (χ4n) is 3.20. The lowest BCUT2D eigenvalue weighted by molar-refractivity contribution is 0.195. The molecule has 0 fully saturated rings. The van der Waals surface area contributed by atoms with Crippen LogP contribution in [0.15, 0.2) is 6.20 Å². The maximum Gasteiger partial charge on any atom is 0.0855 e. The Hall–Kier alpha value is -0.860. The highest BCUT2D eigenvalue weighted by Crippen LogP contribution is 2.33. The summed E-state index contributed by atoms with van der Waals surface area (Å²) in [6.07, 6.45) is 4.35. The van der Waals surface area contributed by atoms with E-state index in [9.17, 15) is 0 Å². The normalized spacial score (nSPS) is 15.4. The molecule has 0 radical (unpaired) electrons. The molecule has 0 aliphatic carbocycles. The summed E-state index contributed by atoms with van der Waals surface area (Å²) in [7, 11) is 0. The Morgan fingerprint density at radius 1 is 1.00 bits per heavy atom. The van der Waals surface area contributed by atoms with Crippen LogP contribution < -0.4 is 0 Å². The number of hydrogen-bond donors (Lipinski definition) is 0. The molecule has 0 saturated heterocycles. The molecule has 3 nitrogen and oxygen atoms in total. The third-order valence-electron chi connectivity index (χ3n) is 3.52. The number of rotatable bonds is 4. The van der Waals surface area contributed by atoms with Crippen LogP contribution in [0.4, 0.5) is 0 Å². The maximum atomic E-state index is 4.41. The van der Waals surface area contributed by atoms with Gasteiger partial charge >= 0.3 is 0 Å². The van der Waals surface area contributed by atoms with Crippen LogP contribution in [0.25, 0.3) is 0 Å². The first kappa shape index (κ1) is 17.2. The van der Waals surface area contributed by atoms with Crippen LogP contribution in [0.2, 0.25) is 0 Å². The lowest BCUT2D eigenvalue weighted by Crippen LogP contribution is -2.32. The van der Waals surface area contributed by atoms with Gasteiger partial charge in [0.2, 0.25) is 0 Å². The smallest absolute Gasteiger partial charge is 0.0855 e. The molecule has 0 amide bonds. The van der Waals surface area contributed by atoms with Gasteiger partial charge in [0.05, 0.1) is 11.2 Å². The van der Waals surface area contributed by atoms with Crippen molar-refractivity contribution in [3.8, 4) is 0 Å². The Morgan fingerprint density at radius 3 is 2.00 bits per heavy atom. The van der Waals surface area contributed by atoms with E-state index >= 15 is 0 Å². The topological polar surface area (TPSA) is 30.7 Å². The van der Waals surface area contributed by atoms with Crippen LogP contribution >= 0.6 is 0 Å². The number of aromatic nitrogens is 3. The van der Waals surface area contributed by atoms with E-state index in [-0.39, 0.29) is 11.0 Å². The summed E-state index contributed by atoms with van der Waals surface area (Å²) >= 11 is 0. The monoisotopic (exact) mass is 279 g/mol. The Labute approximate surface area is 125 Å². The SMILES string of the molecule is CC(CC(C)(C)C)c1cn(C(C)(C)CC(C)(C)C)nn1. The first-order valence-electron chi connectivity index (χ1n) is 7.73. The molecule has 116 valence electrons. The van der Waals surface area contributed by atoms with Gasteiger partial charge in [-0.1, -0.05) is 53.7 Å². The van der Waals surface area contributed by atoms with Crippen molar-refractivity contribution in [2.45, 2.75) is 86.6 Å². The average molecular weight is 279 g/mol. The van der Waals surface area contributed by atoms with Crippen molar-refractivity contribution in [1.82, 2.24) is 15.0 Å². The first-order valence-corrected chi connectivity index (χ1v) is 7.73. The minimum atomic E-state index is 0.00491. The van der Waals surface area contributed by atoms with Crippen molar-refractivity contribution < 1.29 is 0 Å². The molecule has 0 saturated carbocycles. The summed E-state index contributed by atoms with van der Waals surface area (Å²) in [5.74, 6) is 0.453. The fraction of sp³-hybridized carbons (Fsp3) is 0.882. The maximum absolute atomic E-state index is 4.41. The van der Waals surface area contributed by atoms with E-state index in [1.807, 2.05) is 4.68 Å². The predicted molar refractivity (Wildman–Crippen MR) is 85.9 cm³/mol. The van der Waals surface area contributed by atoms with Crippen LogP contribution in [0.1, 0.15) is 86.8 Å². The van der Waals surface area contributed by atoms with Crippen molar-refractivity contribution in [3.05, 3.63) is 11.9 Å². The van der Waals surface area contributed by atoms with Crippen LogP contribution in [0.3, 0.4) is 0 Å². The van der Waals surface area contributed by atoms with Gasteiger partial charge in [-0.2, -0.15) is 0 Å². The summed E-state index contributed by atoms with van der Waals surface area (Å²) < 4.78 is 2.05. The molecule has 3 heteroatoms. The minimum absolute atomic E-state index is 0.00491. The second-order valence-corrected chi connectivity index (χ2v) is 9.30. The van der Waals surface area contributed by atoms with E-state index in [0.29, 0.717) is 11.3 Å². The quantitative estimate of drug-likeness (QED) is 0.777. The van der Waals surface area contributed by atoms with Gasteiger partial charge in [0.25, 0.3) is 0 Å². The van der Waals surface area contributed by atoms with Crippen molar-refractivity contribution in [3.63, 3.8) is 0 Å². The van der Waals surface area contributed by atoms with E-state index in [0.717, 1.165) is 18.5 Å². The summed E-state index contributed by atoms with van der Waals surface area (Å²) in [5.41, 5.74) is 1.73. The van der Waals surface area contributed by atoms with E-state index in [1.165, 1.54) is 0 Å². The van der Waals surface area contributed by atoms with E-state index in [1.54, 1.807) is 0 Å². The average Bonchev–Trinajstić information content (AvgIpc) is 2.58. The predicted octanol–water partition coefficient (Wildman–Crippen LogP) is 4.99. The second kappa shape index (κ2) is 5.50. The molecule has 1 aromatic heterocycles. The summed E-state index contributed by atoms with van der Waals surface area (Å²) in [5, 5.41) is 8.80. The molecular formula is C17H33N3. The van der Waals surface area contributed by atoms with Gasteiger partial charge in [-0.3, -0.25) is 0 Å². The third-order valence-corrected chi connectivity index (χ3v) is 3.52. The fourth-order valence-corrected chi connectivity index (χ4v) is 3.20. The Balaban J connectivity index is 2.86. The van der Waals surface area contributed by atoms with E-state index in [2.05, 4.69) is 78.8 Å². The van der Waals surface area contributed by atoms with Crippen molar-refractivity contribution in [2.75, 3.05) is 0 Å². The Kier molecular flexibility index (Phi) is 4.72. The summed E-state index contributed by atoms with van der Waals surface area (Å²) in [6, 6.07) is 0. The lowest BCUT2D eigenvalue weighted by Gasteiger charge is -2.32. The van der Waals surface area contributed by atoms with Crippen LogP contribution in [-0.4, -0.2) is 15.0 Å². The molecular weight excluding hydrogens is 246 g/mol. The number of nitrogens with zero attached hydrogens (tertiary/aromatic N) is 3. The molecule has 1 atom stereocenters. The zero-order chi connectivity index (χ0) is 15.8. The number of hydrogen-bond acceptors (Lipinski definition) is 2. The van der Waals surface area contributed by atoms with Gasteiger partial charge in [-0.15, -0.1) is 5.10 Å². The highest BCUT2D eigenvalue weighted by Gasteiger charge is 2.29. The zero-order valence-corrected chi connectivity index (χ0v) is 14.9. The van der Waals surface area contributed by atoms with Crippen LogP contribution in [-0.2, 0) is 5.54 Å². The molecule has 1 aromatic rings. The molecule has 1 rings (SSSR count). The molecule has 0 aromatic carbocycles. The van der Waals surface area contributed by atoms with Gasteiger partial charge in [0.1, 0.15) is 0 Å². The van der Waals surface area contributed by atoms with Gasteiger partial charge in [-0.05, 0) is 37.5 Å². The van der Waals surface area contributed by atoms with Crippen molar-refractivity contribution in [2.24, 2.45) is 10.8 Å². The zero-order valence-electron chi connectivity index (χ0n) is 14.9. The van der Waals surface area contributed by atoms with Gasteiger partial charge in [-0.25, -0.2) is 4.68 Å². The lowest BCUT2D eigenvalue weighted by atomic mass is 9.82. The summed E-state index contributed by atoms with van der Waals surface area (Å²) in [6.45, 7) is 20.4. The standard InChI is InChI=1S/C17H33N3/c1-13(10-15(2,3)4)14-11-20(19-18-14)17(8,9)12-16(5,6)7/h11,13H,10,12H2,1-9H3. The molecule has 20 heavy (non-hydrogen) atoms. The Morgan fingerprint density at radius 2 is 1.55 bits per heavy atom. The minimum Gasteiger partial charge on any atom is -0.247 e. The highest BCUT2D eigenvalue weighted by molar-refractivity contribution is 5.03. The van der Waals surface area contributed by atoms with Gasteiger partial charge in [0, 0.05) is 12.1 Å². The first-order chi connectivity index (χ1) is 8.80. The third kappa shape index (κ3) is 5.26. The summed E-state index contributed by atoms with van der Waals surface area (Å²) in [4.78, 5) is 0. The molecule has 0 spiro atoms. The van der Waals surface area contributed by atoms with Gasteiger partial charge < -0.3 is 0 Å². The molecule has 0 aliphatic rings. The van der Waals surface area contributed by atoms with E-state index in [4.69, 9.17) is 0 Å². The van der Waals surface area contributed by atoms with Crippen molar-refractivity contribution >= 4 is 0 Å².